The Bertz CT molecular complexity index is 8270. The van der Waals surface area contributed by atoms with Crippen molar-refractivity contribution in [1.82, 2.24) is 28.2 Å². The number of nitrogens with one attached hydrogen (secondary N) is 1. The van der Waals surface area contributed by atoms with Gasteiger partial charge in [0.25, 0.3) is 0 Å². The third-order valence-electron chi connectivity index (χ3n) is 28.6. The minimum Gasteiger partial charge on any atom is -0.382 e. The summed E-state index contributed by atoms with van der Waals surface area (Å²) in [6.45, 7) is 2.99. The molecule has 128 heavy (non-hydrogen) atoms. The normalized spacial score (nSPS) is 18.5. The van der Waals surface area contributed by atoms with E-state index in [2.05, 4.69) is 447 Å². The summed E-state index contributed by atoms with van der Waals surface area (Å²) in [7, 11) is 0. The molecule has 1 N–H and O–H groups in total. The van der Waals surface area contributed by atoms with Crippen LogP contribution in [0.2, 0.25) is 0 Å². The highest BCUT2D eigenvalue weighted by molar-refractivity contribution is 6.17. The molecule has 0 spiro atoms. The molecule has 19 aromatic rings. The number of para-hydroxylation sites is 6. The molecule has 0 saturated heterocycles. The van der Waals surface area contributed by atoms with Gasteiger partial charge in [0.1, 0.15) is 0 Å². The predicted octanol–water partition coefficient (Wildman–Crippen LogP) is 29.7. The molecule has 8 nitrogen and oxygen atoms in total. The largest absolute Gasteiger partial charge is 0.382 e. The molecular formula is C120H90N8. The number of benzene rings is 14. The van der Waals surface area contributed by atoms with Gasteiger partial charge in [-0.1, -0.05) is 244 Å². The van der Waals surface area contributed by atoms with Gasteiger partial charge < -0.3 is 33.1 Å². The van der Waals surface area contributed by atoms with Crippen LogP contribution in [0.4, 0.5) is 11.4 Å². The van der Waals surface area contributed by atoms with E-state index in [1.807, 2.05) is 0 Å². The highest BCUT2D eigenvalue weighted by Gasteiger charge is 2.38. The summed E-state index contributed by atoms with van der Waals surface area (Å²) in [5.41, 5.74) is 37.7. The molecule has 0 amide bonds. The Morgan fingerprint density at radius 3 is 1.52 bits per heavy atom. The molecule has 610 valence electrons. The van der Waals surface area contributed by atoms with Crippen LogP contribution in [0.15, 0.2) is 405 Å². The maximum absolute atomic E-state index is 5.98. The van der Waals surface area contributed by atoms with Crippen molar-refractivity contribution in [2.24, 2.45) is 16.8 Å². The van der Waals surface area contributed by atoms with Gasteiger partial charge in [0, 0.05) is 124 Å². The lowest BCUT2D eigenvalue weighted by atomic mass is 9.85. The Kier molecular flexibility index (Phi) is 17.3. The molecule has 2 aliphatic heterocycles. The van der Waals surface area contributed by atoms with E-state index in [0.29, 0.717) is 12.5 Å². The summed E-state index contributed by atoms with van der Waals surface area (Å²) in [6, 6.07) is 121. The maximum Gasteiger partial charge on any atom is 0.0745 e. The van der Waals surface area contributed by atoms with Crippen LogP contribution < -0.4 is 10.2 Å². The third-order valence-corrected chi connectivity index (χ3v) is 28.6. The van der Waals surface area contributed by atoms with E-state index in [0.717, 1.165) is 72.4 Å². The van der Waals surface area contributed by atoms with Crippen LogP contribution in [0.5, 0.6) is 0 Å². The molecule has 7 aliphatic rings. The Morgan fingerprint density at radius 1 is 0.367 bits per heavy atom. The average Bonchev–Trinajstić information content (AvgIpc) is 1.58. The highest BCUT2D eigenvalue weighted by atomic mass is 15.2. The zero-order valence-electron chi connectivity index (χ0n) is 71.1. The molecule has 0 fully saturated rings. The fraction of sp³-hybridized carbons (Fsp3) is 0.108. The van der Waals surface area contributed by atoms with E-state index in [4.69, 9.17) is 4.99 Å². The van der Waals surface area contributed by atoms with E-state index in [9.17, 15) is 0 Å². The number of fused-ring (bicyclic) bond motifs is 18. The first-order valence-corrected chi connectivity index (χ1v) is 45.6. The number of aliphatic imine (C=N–C) groups is 1. The molecule has 14 aromatic carbocycles. The smallest absolute Gasteiger partial charge is 0.0745 e. The molecule has 5 atom stereocenters. The lowest BCUT2D eigenvalue weighted by Gasteiger charge is -2.30. The predicted molar refractivity (Wildman–Crippen MR) is 539 cm³/mol. The molecule has 0 saturated carbocycles. The molecule has 26 rings (SSSR count). The fourth-order valence-electron chi connectivity index (χ4n) is 22.5. The van der Waals surface area contributed by atoms with Crippen molar-refractivity contribution in [3.63, 3.8) is 0 Å². The number of nitrogens with zero attached hydrogens (tertiary/aromatic N) is 7. The quantitative estimate of drug-likeness (QED) is 0.125. The standard InChI is InChI=1S/C120H90N8/c1-76-24-22-34-92(64-76)127-112-43-21-17-39-97(112)101-69-82(49-59-116(101)127)86-53-63-120-105(73-86)104-72-85(81-48-58-115-100(68-81)96-38-16-20-42-111(96)125(115)90-32-12-5-13-33-90)52-62-119(104)128(120)93-35-23-27-87(65-93)108-75-121-106(77-25-6-2-7-26-77)74-107(122-108)78-44-54-91(55-45-78)126-117-60-50-83(79-46-56-113-98(66-79)94-36-14-18-40-109(94)123(113)88-28-8-3-9-29-88)70-102(117)103-71-84(51-61-118(103)126)80-47-57-114-99(67-80)95-37-15-19-41-110(95)124(114)89-30-10-4-11-31-89/h2-3,5-10,12-60,62-63,66-71,73-74,76,85,87,108,118,121H,4,11,61,64-65,72,75H2,1H3. The third kappa shape index (κ3) is 12.1. The summed E-state index contributed by atoms with van der Waals surface area (Å²) in [4.78, 5) is 8.59. The monoisotopic (exact) mass is 1640 g/mol. The molecule has 5 aliphatic carbocycles. The van der Waals surface area contributed by atoms with Crippen molar-refractivity contribution >= 4 is 155 Å². The minimum absolute atomic E-state index is 0.0598. The van der Waals surface area contributed by atoms with Crippen molar-refractivity contribution in [3.05, 3.63) is 440 Å². The molecular weight excluding hydrogens is 1550 g/mol. The van der Waals surface area contributed by atoms with Crippen LogP contribution in [-0.4, -0.2) is 47.2 Å². The van der Waals surface area contributed by atoms with Crippen molar-refractivity contribution < 1.29 is 0 Å². The molecule has 0 radical (unpaired) electrons. The van der Waals surface area contributed by atoms with Crippen LogP contribution >= 0.6 is 0 Å². The number of hydrogen-bond acceptors (Lipinski definition) is 3. The van der Waals surface area contributed by atoms with Crippen molar-refractivity contribution in [3.8, 4) is 33.6 Å². The highest BCUT2D eigenvalue weighted by Crippen LogP contribution is 2.53. The van der Waals surface area contributed by atoms with E-state index in [1.54, 1.807) is 0 Å². The molecule has 0 bridgehead atoms. The molecule has 8 heteroatoms. The number of allylic oxidation sites excluding steroid dienone is 15. The summed E-state index contributed by atoms with van der Waals surface area (Å²) < 4.78 is 12.4. The first-order valence-electron chi connectivity index (χ1n) is 45.6. The van der Waals surface area contributed by atoms with Gasteiger partial charge >= 0.3 is 0 Å². The van der Waals surface area contributed by atoms with Gasteiger partial charge in [-0.2, -0.15) is 0 Å². The van der Waals surface area contributed by atoms with Gasteiger partial charge in [-0.05, 0) is 276 Å². The number of anilines is 2. The van der Waals surface area contributed by atoms with Crippen molar-refractivity contribution in [2.75, 3.05) is 11.4 Å². The van der Waals surface area contributed by atoms with Gasteiger partial charge in [0.05, 0.1) is 67.4 Å². The van der Waals surface area contributed by atoms with E-state index in [-0.39, 0.29) is 23.9 Å². The first-order chi connectivity index (χ1) is 63.4. The Morgan fingerprint density at radius 2 is 0.883 bits per heavy atom. The first kappa shape index (κ1) is 74.0. The minimum atomic E-state index is -0.103. The lowest BCUT2D eigenvalue weighted by Crippen LogP contribution is -2.30. The average molecular weight is 1640 g/mol. The molecule has 7 heterocycles. The van der Waals surface area contributed by atoms with Gasteiger partial charge in [-0.3, -0.25) is 4.99 Å². The second-order valence-electron chi connectivity index (χ2n) is 35.9. The Hall–Kier alpha value is -15.5. The number of hydrogen-bond donors (Lipinski definition) is 1. The van der Waals surface area contributed by atoms with Gasteiger partial charge in [0.15, 0.2) is 0 Å². The van der Waals surface area contributed by atoms with Gasteiger partial charge in [0.2, 0.25) is 0 Å². The van der Waals surface area contributed by atoms with Crippen molar-refractivity contribution in [2.45, 2.75) is 63.5 Å². The summed E-state index contributed by atoms with van der Waals surface area (Å²) in [5.74, 6) is 0.700. The second kappa shape index (κ2) is 29.9. The number of aromatic nitrogens is 5. The van der Waals surface area contributed by atoms with E-state index in [1.165, 1.54) is 188 Å². The SMILES string of the molecule is CC1C=CC=C(n2c3ccccc3c3cc(-c4ccc5c(c4)c4c(n5C5=CC=CC(C6CNC(c7ccccc7)=CC(c7ccc(N8c9ccc(-c%10ccc%11c(c%10)c%10ccccc%10n%11-c%10ccccc%10)cc9C9=CC(c%10ccc%11c(c%10)c%10ccccc%10n%11C%10=CCCC=C%10)=CCC98)cc7)=N6)C5)C=CC(c5ccc6c(c5)c5ccccc5n6-c5ccccc5)C4)ccc32)C1. The summed E-state index contributed by atoms with van der Waals surface area (Å²) >= 11 is 0. The maximum atomic E-state index is 5.98. The van der Waals surface area contributed by atoms with Gasteiger partial charge in [-0.15, -0.1) is 0 Å². The van der Waals surface area contributed by atoms with Crippen LogP contribution in [-0.2, 0) is 6.42 Å². The topological polar surface area (TPSA) is 52.3 Å². The zero-order valence-corrected chi connectivity index (χ0v) is 71.1. The van der Waals surface area contributed by atoms with Crippen LogP contribution in [0.25, 0.3) is 172 Å². The summed E-state index contributed by atoms with van der Waals surface area (Å²) in [6.07, 6.45) is 38.9. The van der Waals surface area contributed by atoms with Crippen molar-refractivity contribution in [1.29, 1.82) is 0 Å². The Labute approximate surface area is 743 Å². The fourth-order valence-corrected chi connectivity index (χ4v) is 22.5. The molecule has 5 aromatic heterocycles. The van der Waals surface area contributed by atoms with Crippen LogP contribution in [0, 0.1) is 11.8 Å². The number of rotatable bonds is 13. The summed E-state index contributed by atoms with van der Waals surface area (Å²) in [5, 5.41) is 15.4. The van der Waals surface area contributed by atoms with Crippen LogP contribution in [0.3, 0.4) is 0 Å². The van der Waals surface area contributed by atoms with Gasteiger partial charge in [-0.25, -0.2) is 0 Å². The Balaban J connectivity index is 0.558. The van der Waals surface area contributed by atoms with Crippen LogP contribution in [0.1, 0.15) is 84.0 Å². The van der Waals surface area contributed by atoms with E-state index >= 15 is 0 Å². The zero-order chi connectivity index (χ0) is 84.2. The molecule has 5 unspecified atom stereocenters. The lowest BCUT2D eigenvalue weighted by molar-refractivity contribution is 0.497. The van der Waals surface area contributed by atoms with E-state index < -0.39 is 0 Å². The second-order valence-corrected chi connectivity index (χ2v) is 35.9.